The molecule has 0 aliphatic heterocycles. The van der Waals surface area contributed by atoms with Crippen LogP contribution < -0.4 is 0 Å². The van der Waals surface area contributed by atoms with Crippen molar-refractivity contribution in [1.29, 1.82) is 0 Å². The Hall–Kier alpha value is -3.48. The van der Waals surface area contributed by atoms with Crippen LogP contribution in [0.3, 0.4) is 0 Å². The van der Waals surface area contributed by atoms with Crippen LogP contribution in [0.4, 0.5) is 13.2 Å². The van der Waals surface area contributed by atoms with Crippen molar-refractivity contribution in [3.63, 3.8) is 0 Å². The van der Waals surface area contributed by atoms with E-state index in [2.05, 4.69) is 53.9 Å². The molecule has 42 heavy (non-hydrogen) atoms. The van der Waals surface area contributed by atoms with Crippen LogP contribution in [0.1, 0.15) is 43.7 Å². The number of esters is 1. The number of H-pyrrole nitrogens is 1. The molecule has 0 aliphatic carbocycles. The van der Waals surface area contributed by atoms with Gasteiger partial charge in [-0.1, -0.05) is 44.5 Å². The smallest absolute Gasteiger partial charge is 0.433 e. The van der Waals surface area contributed by atoms with Gasteiger partial charge in [-0.25, -0.2) is 14.8 Å². The summed E-state index contributed by atoms with van der Waals surface area (Å²) in [5.74, 6) is -0.643. The molecule has 0 amide bonds. The van der Waals surface area contributed by atoms with E-state index in [0.29, 0.717) is 22.4 Å². The minimum absolute atomic E-state index is 0.0912. The highest BCUT2D eigenvalue weighted by atomic mass is 35.5. The number of hydrogen-bond acceptors (Lipinski definition) is 6. The van der Waals surface area contributed by atoms with Gasteiger partial charge in [-0.05, 0) is 37.2 Å². The molecule has 0 aliphatic rings. The number of alkyl halides is 3. The van der Waals surface area contributed by atoms with Crippen molar-refractivity contribution in [1.82, 2.24) is 24.7 Å². The molecule has 1 atom stereocenters. The van der Waals surface area contributed by atoms with E-state index in [1.165, 1.54) is 38.1 Å². The first-order chi connectivity index (χ1) is 19.6. The lowest BCUT2D eigenvalue weighted by molar-refractivity contribution is -0.144. The summed E-state index contributed by atoms with van der Waals surface area (Å²) in [6, 6.07) is 6.38. The number of nitrogens with one attached hydrogen (secondary N) is 1. The Morgan fingerprint density at radius 2 is 1.86 bits per heavy atom. The summed E-state index contributed by atoms with van der Waals surface area (Å²) in [5, 5.41) is 4.15. The van der Waals surface area contributed by atoms with Gasteiger partial charge in [0.25, 0.3) is 0 Å². The topological polar surface area (TPSA) is 94.9 Å². The fourth-order valence-electron chi connectivity index (χ4n) is 4.53. The third-order valence-corrected chi connectivity index (χ3v) is 12.5. The standard InChI is InChI=1S/C29H33ClF3N5O3Si/c1-17(41-42(6,7)28(2,3)4)15-38-26(29(31,32)33)21(14-37-38)25-23(22-11-12-34-16-36-22)20(13-35-25)18-9-8-10-19(24(18)30)27(39)40-5/h8-14,16-17,35H,15H2,1-7H3/t17-/m1/s1. The van der Waals surface area contributed by atoms with E-state index in [-0.39, 0.29) is 33.4 Å². The zero-order chi connectivity index (χ0) is 31.0. The molecule has 0 spiro atoms. The van der Waals surface area contributed by atoms with Gasteiger partial charge in [-0.15, -0.1) is 0 Å². The van der Waals surface area contributed by atoms with Gasteiger partial charge in [0.1, 0.15) is 6.33 Å². The monoisotopic (exact) mass is 619 g/mol. The molecule has 0 saturated heterocycles. The van der Waals surface area contributed by atoms with Gasteiger partial charge in [-0.3, -0.25) is 4.68 Å². The number of aromatic nitrogens is 5. The Kier molecular flexibility index (Phi) is 8.73. The molecule has 8 nitrogen and oxygen atoms in total. The third-order valence-electron chi connectivity index (χ3n) is 7.52. The molecule has 0 radical (unpaired) electrons. The number of benzene rings is 1. The van der Waals surface area contributed by atoms with Crippen LogP contribution in [0.15, 0.2) is 49.2 Å². The van der Waals surface area contributed by atoms with Crippen LogP contribution in [-0.4, -0.2) is 52.2 Å². The SMILES string of the molecule is COC(=O)c1cccc(-c2c[nH]c(-c3cnn(C[C@@H](C)O[Si](C)(C)C(C)(C)C)c3C(F)(F)F)c2-c2ccncn2)c1Cl. The second kappa shape index (κ2) is 11.7. The molecule has 0 unspecified atom stereocenters. The highest BCUT2D eigenvalue weighted by molar-refractivity contribution is 6.74. The van der Waals surface area contributed by atoms with Crippen molar-refractivity contribution >= 4 is 25.9 Å². The maximum Gasteiger partial charge on any atom is 0.433 e. The first-order valence-electron chi connectivity index (χ1n) is 13.2. The number of carbonyl (C=O) groups excluding carboxylic acids is 1. The van der Waals surface area contributed by atoms with E-state index >= 15 is 0 Å². The van der Waals surface area contributed by atoms with Crippen LogP contribution in [0.2, 0.25) is 23.2 Å². The van der Waals surface area contributed by atoms with E-state index in [1.807, 2.05) is 0 Å². The Labute approximate surface area is 248 Å². The second-order valence-corrected chi connectivity index (χ2v) is 16.6. The highest BCUT2D eigenvalue weighted by Gasteiger charge is 2.42. The van der Waals surface area contributed by atoms with Gasteiger partial charge in [0.05, 0.1) is 47.9 Å². The van der Waals surface area contributed by atoms with Crippen molar-refractivity contribution in [3.8, 4) is 33.6 Å². The number of nitrogens with zero attached hydrogens (tertiary/aromatic N) is 4. The maximum atomic E-state index is 14.7. The van der Waals surface area contributed by atoms with Crippen LogP contribution in [0.25, 0.3) is 33.6 Å². The normalized spacial score (nSPS) is 13.3. The van der Waals surface area contributed by atoms with E-state index in [0.717, 1.165) is 4.68 Å². The van der Waals surface area contributed by atoms with E-state index in [1.54, 1.807) is 25.1 Å². The summed E-state index contributed by atoms with van der Waals surface area (Å²) in [6.07, 6.45) is 0.267. The number of ether oxygens (including phenoxy) is 1. The van der Waals surface area contributed by atoms with Crippen molar-refractivity contribution in [3.05, 3.63) is 65.5 Å². The minimum atomic E-state index is -4.74. The van der Waals surface area contributed by atoms with E-state index in [4.69, 9.17) is 20.8 Å². The molecular weight excluding hydrogens is 587 g/mol. The highest BCUT2D eigenvalue weighted by Crippen LogP contribution is 2.46. The third kappa shape index (κ3) is 6.15. The van der Waals surface area contributed by atoms with Crippen LogP contribution in [0, 0.1) is 0 Å². The second-order valence-electron chi connectivity index (χ2n) is 11.5. The summed E-state index contributed by atoms with van der Waals surface area (Å²) in [6.45, 7) is 12.0. The average molecular weight is 620 g/mol. The molecular formula is C29H33ClF3N5O3Si. The lowest BCUT2D eigenvalue weighted by Gasteiger charge is -2.38. The zero-order valence-corrected chi connectivity index (χ0v) is 26.2. The average Bonchev–Trinajstić information content (AvgIpc) is 3.52. The molecule has 1 N–H and O–H groups in total. The Bertz CT molecular complexity index is 1580. The lowest BCUT2D eigenvalue weighted by atomic mass is 9.96. The number of aromatic amines is 1. The number of carbonyl (C=O) groups is 1. The fraction of sp³-hybridized carbons (Fsp3) is 0.379. The molecule has 0 saturated carbocycles. The van der Waals surface area contributed by atoms with Crippen molar-refractivity contribution in [2.24, 2.45) is 0 Å². The van der Waals surface area contributed by atoms with Crippen LogP contribution in [0.5, 0.6) is 0 Å². The van der Waals surface area contributed by atoms with Crippen molar-refractivity contribution < 1.29 is 27.1 Å². The Morgan fingerprint density at radius 1 is 1.14 bits per heavy atom. The summed E-state index contributed by atoms with van der Waals surface area (Å²) in [7, 11) is -1.00. The molecule has 3 heterocycles. The molecule has 4 rings (SSSR count). The van der Waals surface area contributed by atoms with Gasteiger partial charge >= 0.3 is 12.1 Å². The lowest BCUT2D eigenvalue weighted by Crippen LogP contribution is -2.44. The van der Waals surface area contributed by atoms with Gasteiger partial charge in [0.15, 0.2) is 14.0 Å². The van der Waals surface area contributed by atoms with E-state index < -0.39 is 32.3 Å². The first-order valence-corrected chi connectivity index (χ1v) is 16.5. The van der Waals surface area contributed by atoms with Crippen LogP contribution in [-0.2, 0) is 21.9 Å². The van der Waals surface area contributed by atoms with Crippen molar-refractivity contribution in [2.75, 3.05) is 7.11 Å². The summed E-state index contributed by atoms with van der Waals surface area (Å²) in [4.78, 5) is 23.6. The maximum absolute atomic E-state index is 14.7. The Balaban J connectivity index is 1.88. The molecule has 224 valence electrons. The number of halogens is 4. The number of methoxy groups -OCH3 is 1. The van der Waals surface area contributed by atoms with E-state index in [9.17, 15) is 18.0 Å². The molecule has 4 aromatic rings. The molecule has 0 fully saturated rings. The predicted octanol–water partition coefficient (Wildman–Crippen LogP) is 7.87. The fourth-order valence-corrected chi connectivity index (χ4v) is 6.27. The van der Waals surface area contributed by atoms with Gasteiger partial charge in [0.2, 0.25) is 0 Å². The molecule has 13 heteroatoms. The van der Waals surface area contributed by atoms with Gasteiger partial charge < -0.3 is 14.1 Å². The Morgan fingerprint density at radius 3 is 2.45 bits per heavy atom. The van der Waals surface area contributed by atoms with Gasteiger partial charge in [0, 0.05) is 34.6 Å². The molecule has 0 bridgehead atoms. The van der Waals surface area contributed by atoms with Crippen LogP contribution >= 0.6 is 11.6 Å². The quantitative estimate of drug-likeness (QED) is 0.159. The molecule has 1 aromatic carbocycles. The number of hydrogen-bond donors (Lipinski definition) is 1. The summed E-state index contributed by atoms with van der Waals surface area (Å²) in [5.41, 5.74) is 0.715. The van der Waals surface area contributed by atoms with Gasteiger partial charge in [-0.2, -0.15) is 18.3 Å². The summed E-state index contributed by atoms with van der Waals surface area (Å²) >= 11 is 6.63. The van der Waals surface area contributed by atoms with Crippen molar-refractivity contribution in [2.45, 2.75) is 64.7 Å². The first kappa shape index (κ1) is 31.5. The largest absolute Gasteiger partial charge is 0.465 e. The minimum Gasteiger partial charge on any atom is -0.465 e. The molecule has 3 aromatic heterocycles. The number of rotatable bonds is 8. The summed E-state index contributed by atoms with van der Waals surface area (Å²) < 4.78 is 56.2. The zero-order valence-electron chi connectivity index (χ0n) is 24.4. The predicted molar refractivity (Wildman–Crippen MR) is 158 cm³/mol.